The van der Waals surface area contributed by atoms with Gasteiger partial charge < -0.3 is 5.11 Å². The summed E-state index contributed by atoms with van der Waals surface area (Å²) in [5, 5.41) is 16.9. The van der Waals surface area contributed by atoms with Crippen LogP contribution in [0.15, 0.2) is 35.0 Å². The van der Waals surface area contributed by atoms with Crippen molar-refractivity contribution in [1.29, 1.82) is 0 Å². The lowest BCUT2D eigenvalue weighted by Crippen LogP contribution is -2.11. The smallest absolute Gasteiger partial charge is 0.0957 e. The van der Waals surface area contributed by atoms with Crippen molar-refractivity contribution in [1.82, 2.24) is 4.98 Å². The zero-order valence-electron chi connectivity index (χ0n) is 12.5. The van der Waals surface area contributed by atoms with Crippen LogP contribution in [0.25, 0.3) is 10.1 Å². The van der Waals surface area contributed by atoms with E-state index in [-0.39, 0.29) is 5.41 Å². The van der Waals surface area contributed by atoms with E-state index < -0.39 is 6.10 Å². The van der Waals surface area contributed by atoms with E-state index in [9.17, 15) is 5.11 Å². The van der Waals surface area contributed by atoms with Crippen molar-refractivity contribution in [3.05, 3.63) is 51.3 Å². The Morgan fingerprint density at radius 1 is 1.14 bits per heavy atom. The highest BCUT2D eigenvalue weighted by atomic mass is 32.1. The summed E-state index contributed by atoms with van der Waals surface area (Å²) in [6.07, 6.45) is 0.0988. The average Bonchev–Trinajstić information content (AvgIpc) is 3.03. The first-order chi connectivity index (χ1) is 9.95. The van der Waals surface area contributed by atoms with Gasteiger partial charge in [0.05, 0.1) is 16.8 Å². The van der Waals surface area contributed by atoms with Crippen molar-refractivity contribution in [2.24, 2.45) is 0 Å². The molecule has 0 saturated carbocycles. The van der Waals surface area contributed by atoms with Gasteiger partial charge in [0.15, 0.2) is 0 Å². The second kappa shape index (κ2) is 5.52. The van der Waals surface area contributed by atoms with Gasteiger partial charge in [-0.1, -0.05) is 39.0 Å². The van der Waals surface area contributed by atoms with Crippen molar-refractivity contribution in [3.63, 3.8) is 0 Å². The second-order valence-corrected chi connectivity index (χ2v) is 8.14. The number of rotatable bonds is 3. The number of benzene rings is 1. The van der Waals surface area contributed by atoms with Crippen molar-refractivity contribution in [2.75, 3.05) is 0 Å². The molecule has 0 fully saturated rings. The highest BCUT2D eigenvalue weighted by Crippen LogP contribution is 2.33. The van der Waals surface area contributed by atoms with Gasteiger partial charge in [-0.3, -0.25) is 0 Å². The maximum absolute atomic E-state index is 10.5. The number of thiazole rings is 1. The van der Waals surface area contributed by atoms with Crippen LogP contribution < -0.4 is 0 Å². The largest absolute Gasteiger partial charge is 0.388 e. The topological polar surface area (TPSA) is 33.1 Å². The van der Waals surface area contributed by atoms with Gasteiger partial charge in [-0.15, -0.1) is 22.7 Å². The Labute approximate surface area is 133 Å². The van der Waals surface area contributed by atoms with E-state index in [0.717, 1.165) is 21.7 Å². The van der Waals surface area contributed by atoms with Crippen molar-refractivity contribution in [2.45, 2.75) is 38.7 Å². The molecule has 0 amide bonds. The third-order valence-corrected chi connectivity index (χ3v) is 5.41. The number of nitrogens with zero attached hydrogens (tertiary/aromatic N) is 1. The summed E-state index contributed by atoms with van der Waals surface area (Å²) in [4.78, 5) is 4.67. The molecule has 2 nitrogen and oxygen atoms in total. The van der Waals surface area contributed by atoms with Gasteiger partial charge in [-0.2, -0.15) is 0 Å². The van der Waals surface area contributed by atoms with Gasteiger partial charge in [-0.25, -0.2) is 4.98 Å². The van der Waals surface area contributed by atoms with E-state index in [2.05, 4.69) is 48.6 Å². The van der Waals surface area contributed by atoms with Crippen LogP contribution in [0.3, 0.4) is 0 Å². The lowest BCUT2D eigenvalue weighted by Gasteiger charge is -2.14. The van der Waals surface area contributed by atoms with E-state index in [1.54, 1.807) is 22.7 Å². The van der Waals surface area contributed by atoms with Crippen LogP contribution in [0.1, 0.15) is 43.1 Å². The van der Waals surface area contributed by atoms with Crippen LogP contribution in [0.2, 0.25) is 0 Å². The normalized spacial score (nSPS) is 13.7. The molecule has 4 heteroatoms. The molecule has 1 aromatic carbocycles. The predicted octanol–water partition coefficient (Wildman–Crippen LogP) is 4.93. The lowest BCUT2D eigenvalue weighted by atomic mass is 9.93. The molecule has 0 aliphatic rings. The van der Waals surface area contributed by atoms with Gasteiger partial charge >= 0.3 is 0 Å². The highest BCUT2D eigenvalue weighted by molar-refractivity contribution is 7.17. The molecule has 1 atom stereocenters. The van der Waals surface area contributed by atoms with Crippen LogP contribution in [0.4, 0.5) is 0 Å². The van der Waals surface area contributed by atoms with Crippen LogP contribution in [-0.4, -0.2) is 10.1 Å². The minimum atomic E-state index is -0.486. The molecule has 0 aliphatic carbocycles. The summed E-state index contributed by atoms with van der Waals surface area (Å²) in [5.41, 5.74) is 2.18. The van der Waals surface area contributed by atoms with E-state index in [1.807, 2.05) is 12.1 Å². The first-order valence-electron chi connectivity index (χ1n) is 7.04. The Bertz CT molecular complexity index is 751. The Morgan fingerprint density at radius 2 is 1.90 bits per heavy atom. The number of fused-ring (bicyclic) bond motifs is 1. The van der Waals surface area contributed by atoms with Crippen LogP contribution >= 0.6 is 22.7 Å². The minimum Gasteiger partial charge on any atom is -0.388 e. The van der Waals surface area contributed by atoms with E-state index in [4.69, 9.17) is 0 Å². The van der Waals surface area contributed by atoms with E-state index >= 15 is 0 Å². The molecule has 0 radical (unpaired) electrons. The third kappa shape index (κ3) is 3.03. The molecule has 1 N–H and O–H groups in total. The molecule has 0 aliphatic heterocycles. The Balaban J connectivity index is 1.83. The zero-order valence-corrected chi connectivity index (χ0v) is 14.1. The molecule has 0 spiro atoms. The number of hydrogen-bond donors (Lipinski definition) is 1. The number of aliphatic hydroxyl groups excluding tert-OH is 1. The van der Waals surface area contributed by atoms with Crippen molar-refractivity contribution in [3.8, 4) is 0 Å². The summed E-state index contributed by atoms with van der Waals surface area (Å²) >= 11 is 3.32. The highest BCUT2D eigenvalue weighted by Gasteiger charge is 2.20. The summed E-state index contributed by atoms with van der Waals surface area (Å²) in [6.45, 7) is 6.48. The summed E-state index contributed by atoms with van der Waals surface area (Å²) in [7, 11) is 0. The first-order valence-corrected chi connectivity index (χ1v) is 8.80. The van der Waals surface area contributed by atoms with Gasteiger partial charge in [0.25, 0.3) is 0 Å². The maximum atomic E-state index is 10.5. The summed E-state index contributed by atoms with van der Waals surface area (Å²) in [5.74, 6) is 0. The Kier molecular flexibility index (Phi) is 3.86. The molecule has 1 unspecified atom stereocenters. The number of aliphatic hydroxyl groups is 1. The van der Waals surface area contributed by atoms with Gasteiger partial charge in [-0.05, 0) is 22.4 Å². The minimum absolute atomic E-state index is 0.0643. The molecule has 2 heterocycles. The molecule has 3 rings (SSSR count). The lowest BCUT2D eigenvalue weighted by molar-refractivity contribution is 0.180. The first kappa shape index (κ1) is 14.7. The molecule has 110 valence electrons. The van der Waals surface area contributed by atoms with Gasteiger partial charge in [0.2, 0.25) is 0 Å². The number of aromatic nitrogens is 1. The summed E-state index contributed by atoms with van der Waals surface area (Å²) < 4.78 is 1.22. The molecule has 0 bridgehead atoms. The maximum Gasteiger partial charge on any atom is 0.0957 e. The molecule has 2 aromatic heterocycles. The van der Waals surface area contributed by atoms with Crippen molar-refractivity contribution < 1.29 is 5.11 Å². The fourth-order valence-corrected chi connectivity index (χ4v) is 4.35. The van der Waals surface area contributed by atoms with Crippen LogP contribution in [-0.2, 0) is 11.8 Å². The molecular weight excluding hydrogens is 298 g/mol. The van der Waals surface area contributed by atoms with Gasteiger partial charge in [0, 0.05) is 21.9 Å². The van der Waals surface area contributed by atoms with Crippen LogP contribution in [0.5, 0.6) is 0 Å². The quantitative estimate of drug-likeness (QED) is 0.743. The van der Waals surface area contributed by atoms with Crippen LogP contribution in [0, 0.1) is 0 Å². The van der Waals surface area contributed by atoms with E-state index in [0.29, 0.717) is 6.42 Å². The SMILES string of the molecule is CC(C)(C)c1csc(CC(O)c2csc3ccccc23)n1. The third-order valence-electron chi connectivity index (χ3n) is 3.56. The zero-order chi connectivity index (χ0) is 15.0. The predicted molar refractivity (Wildman–Crippen MR) is 91.3 cm³/mol. The molecular formula is C17H19NOS2. The Hall–Kier alpha value is -1.23. The van der Waals surface area contributed by atoms with Crippen molar-refractivity contribution >= 4 is 32.8 Å². The molecule has 3 aromatic rings. The second-order valence-electron chi connectivity index (χ2n) is 6.28. The molecule has 0 saturated heterocycles. The fourth-order valence-electron chi connectivity index (χ4n) is 2.28. The average molecular weight is 317 g/mol. The molecule has 21 heavy (non-hydrogen) atoms. The van der Waals surface area contributed by atoms with Gasteiger partial charge in [0.1, 0.15) is 0 Å². The number of hydrogen-bond acceptors (Lipinski definition) is 4. The van der Waals surface area contributed by atoms with E-state index in [1.165, 1.54) is 4.70 Å². The monoisotopic (exact) mass is 317 g/mol. The fraction of sp³-hybridized carbons (Fsp3) is 0.353. The number of thiophene rings is 1. The Morgan fingerprint density at radius 3 is 2.62 bits per heavy atom. The summed E-state index contributed by atoms with van der Waals surface area (Å²) in [6, 6.07) is 8.22. The standard InChI is InChI=1S/C17H19NOS2/c1-17(2,3)15-10-21-16(18-15)8-13(19)12-9-20-14-7-5-4-6-11(12)14/h4-7,9-10,13,19H,8H2,1-3H3.